The minimum absolute atomic E-state index is 0.0118. The van der Waals surface area contributed by atoms with Crippen LogP contribution in [0.3, 0.4) is 0 Å². The molecule has 10 heteroatoms. The number of nitrogens with two attached hydrogens (primary N) is 1. The van der Waals surface area contributed by atoms with Gasteiger partial charge >= 0.3 is 0 Å². The highest BCUT2D eigenvalue weighted by atomic mass is 16.5. The lowest BCUT2D eigenvalue weighted by molar-refractivity contribution is -0.0552. The van der Waals surface area contributed by atoms with Crippen molar-refractivity contribution < 1.29 is 35.0 Å². The van der Waals surface area contributed by atoms with Gasteiger partial charge in [0.25, 0.3) is 0 Å². The number of unbranched alkanes of at least 4 members (excludes halogenated alkanes) is 3. The summed E-state index contributed by atoms with van der Waals surface area (Å²) < 4.78 is 11.0. The summed E-state index contributed by atoms with van der Waals surface area (Å²) in [4.78, 5) is 4.92. The molecule has 2 saturated carbocycles. The Kier molecular flexibility index (Phi) is 17.9. The average Bonchev–Trinajstić information content (AvgIpc) is 3.91. The normalized spacial score (nSPS) is 24.3. The Bertz CT molecular complexity index is 1430. The van der Waals surface area contributed by atoms with Gasteiger partial charge in [-0.3, -0.25) is 0 Å². The van der Waals surface area contributed by atoms with Gasteiger partial charge in [0.05, 0.1) is 24.2 Å². The molecule has 2 fully saturated rings. The third kappa shape index (κ3) is 13.5. The molecule has 0 bridgehead atoms. The highest BCUT2D eigenvalue weighted by Gasteiger charge is 2.49. The number of rotatable bonds is 25. The number of allylic oxidation sites excluding steroid dienone is 1. The van der Waals surface area contributed by atoms with Gasteiger partial charge < -0.3 is 46.1 Å². The monoisotopic (exact) mass is 781 g/mol. The summed E-state index contributed by atoms with van der Waals surface area (Å²) in [6.45, 7) is 7.53. The molecule has 9 N–H and O–H groups in total. The van der Waals surface area contributed by atoms with Gasteiger partial charge in [0.2, 0.25) is 5.70 Å². The minimum atomic E-state index is -0.927. The molecule has 4 aliphatic rings. The molecule has 0 radical (unpaired) electrons. The molecule has 56 heavy (non-hydrogen) atoms. The summed E-state index contributed by atoms with van der Waals surface area (Å²) in [7, 11) is 0. The van der Waals surface area contributed by atoms with Crippen LogP contribution in [0.5, 0.6) is 11.5 Å². The predicted molar refractivity (Wildman–Crippen MR) is 224 cm³/mol. The van der Waals surface area contributed by atoms with Crippen LogP contribution in [-0.2, 0) is 6.42 Å². The summed E-state index contributed by atoms with van der Waals surface area (Å²) in [5.41, 5.74) is 10.00. The van der Waals surface area contributed by atoms with Gasteiger partial charge in [0, 0.05) is 38.6 Å². The first-order valence-corrected chi connectivity index (χ1v) is 22.0. The number of nitrogens with one attached hydrogen (secondary N) is 1. The van der Waals surface area contributed by atoms with Gasteiger partial charge in [-0.25, -0.2) is 0 Å². The Morgan fingerprint density at radius 1 is 1.02 bits per heavy atom. The van der Waals surface area contributed by atoms with Crippen LogP contribution in [0.25, 0.3) is 0 Å². The van der Waals surface area contributed by atoms with Crippen LogP contribution >= 0.6 is 0 Å². The Balaban J connectivity index is 1.02. The zero-order chi connectivity index (χ0) is 40.0. The highest BCUT2D eigenvalue weighted by Crippen LogP contribution is 2.48. The van der Waals surface area contributed by atoms with Crippen molar-refractivity contribution >= 4 is 5.71 Å². The number of aliphatic hydroxyl groups is 6. The minimum Gasteiger partial charge on any atom is -0.504 e. The third-order valence-electron chi connectivity index (χ3n) is 12.6. The van der Waals surface area contributed by atoms with E-state index < -0.39 is 12.2 Å². The van der Waals surface area contributed by atoms with E-state index in [9.17, 15) is 25.5 Å². The fourth-order valence-electron chi connectivity index (χ4n) is 9.25. The molecule has 1 aromatic carbocycles. The lowest BCUT2D eigenvalue weighted by atomic mass is 9.77. The number of nitrogens with zero attached hydrogens (tertiary/aromatic N) is 1. The first-order chi connectivity index (χ1) is 27.0. The standard InChI is InChI=1S/C46H73N3O7/c1-30(2)13-18-36(52)19-17-35(47)10-6-4-5-7-12-45-34(28-50)24-37(56-45)20-14-32-15-22-43(53)46(23-32)55-29-44(54)42-25-39-40(27-48-26-31(3)51)38-11-8-9-33(38)16-21-41(39)49-42/h15,22-25,30-31,33,35-36,38,40,44-45,48,50-52,54,56H,4-14,16-21,26-29,47H2,1-3H3/p+1/t31-,33-,35+,36-,38-,40+,44-,45?/m0/s1. The second-order valence-electron chi connectivity index (χ2n) is 17.7. The number of aliphatic hydroxyl groups excluding tert-OH is 4. The largest absolute Gasteiger partial charge is 0.504 e. The van der Waals surface area contributed by atoms with Gasteiger partial charge in [-0.15, -0.1) is 16.6 Å². The number of phenolic OH excluding ortho intramolecular Hbond substituents is 1. The van der Waals surface area contributed by atoms with Crippen molar-refractivity contribution in [3.8, 4) is 11.5 Å². The molecular weight excluding hydrogens is 707 g/mol. The molecule has 0 aromatic heterocycles. The fraction of sp³-hybridized carbons (Fsp3) is 0.717. The maximum atomic E-state index is 11.2. The number of aliphatic imine (C=N–C) groups is 1. The Morgan fingerprint density at radius 2 is 1.82 bits per heavy atom. The van der Waals surface area contributed by atoms with Crippen LogP contribution in [0, 0.1) is 35.7 Å². The van der Waals surface area contributed by atoms with Gasteiger partial charge in [-0.2, -0.15) is 0 Å². The van der Waals surface area contributed by atoms with Gasteiger partial charge in [0.15, 0.2) is 17.6 Å². The molecule has 10 nitrogen and oxygen atoms in total. The van der Waals surface area contributed by atoms with Crippen LogP contribution in [0.1, 0.15) is 129 Å². The maximum absolute atomic E-state index is 11.2. The number of fused-ring (bicyclic) bond motifs is 2. The van der Waals surface area contributed by atoms with Crippen molar-refractivity contribution in [3.63, 3.8) is 0 Å². The van der Waals surface area contributed by atoms with Crippen LogP contribution < -0.4 is 15.8 Å². The number of aromatic hydroxyl groups is 1. The van der Waals surface area contributed by atoms with Crippen LogP contribution in [0.2, 0.25) is 0 Å². The zero-order valence-corrected chi connectivity index (χ0v) is 34.5. The van der Waals surface area contributed by atoms with Gasteiger partial charge in [-0.05, 0) is 107 Å². The van der Waals surface area contributed by atoms with Crippen molar-refractivity contribution in [2.45, 2.75) is 160 Å². The lowest BCUT2D eigenvalue weighted by Gasteiger charge is -2.26. The van der Waals surface area contributed by atoms with Crippen molar-refractivity contribution in [3.05, 3.63) is 59.2 Å². The molecule has 2 aliphatic heterocycles. The second kappa shape index (κ2) is 22.5. The summed E-state index contributed by atoms with van der Waals surface area (Å²) >= 11 is 0. The Labute approximate surface area is 337 Å². The van der Waals surface area contributed by atoms with Crippen LogP contribution in [0.15, 0.2) is 46.6 Å². The first-order valence-electron chi connectivity index (χ1n) is 22.0. The van der Waals surface area contributed by atoms with E-state index in [2.05, 4.69) is 25.2 Å². The molecular formula is C46H74N3O7+. The number of ether oxygens (including phenoxy) is 2. The molecule has 5 rings (SSSR count). The van der Waals surface area contributed by atoms with Crippen molar-refractivity contribution in [1.82, 2.24) is 5.32 Å². The van der Waals surface area contributed by atoms with E-state index in [1.807, 2.05) is 18.2 Å². The highest BCUT2D eigenvalue weighted by molar-refractivity contribution is 6.03. The molecule has 1 unspecified atom stereocenters. The summed E-state index contributed by atoms with van der Waals surface area (Å²) in [6, 6.07) is 5.52. The van der Waals surface area contributed by atoms with E-state index in [1.54, 1.807) is 13.0 Å². The van der Waals surface area contributed by atoms with Crippen molar-refractivity contribution in [1.29, 1.82) is 0 Å². The molecule has 8 atom stereocenters. The molecule has 2 heterocycles. The summed E-state index contributed by atoms with van der Waals surface area (Å²) in [5.74, 6) is 3.82. The van der Waals surface area contributed by atoms with E-state index in [-0.39, 0.29) is 37.2 Å². The molecule has 314 valence electrons. The van der Waals surface area contributed by atoms with E-state index in [0.29, 0.717) is 48.1 Å². The zero-order valence-electron chi connectivity index (χ0n) is 34.5. The van der Waals surface area contributed by atoms with Crippen molar-refractivity contribution in [2.24, 2.45) is 34.4 Å². The van der Waals surface area contributed by atoms with E-state index in [0.717, 1.165) is 113 Å². The number of phenols is 1. The van der Waals surface area contributed by atoms with Gasteiger partial charge in [-0.1, -0.05) is 52.0 Å². The second-order valence-corrected chi connectivity index (χ2v) is 17.7. The molecule has 2 aliphatic carbocycles. The summed E-state index contributed by atoms with van der Waals surface area (Å²) in [5, 5.41) is 55.4. The lowest BCUT2D eigenvalue weighted by Crippen LogP contribution is -2.36. The number of hydrogen-bond donors (Lipinski definition) is 7. The fourth-order valence-corrected chi connectivity index (χ4v) is 9.25. The SMILES string of the molecule is CC(C)CC[C@H](O)CC[C@H](N)CCCCCCC1[OH+][C-](CCc2ccc(O)c(OC[C@H](O)C3=C[C+]4C(=N3)CC[C@@H]3CCC[C@@H]3[C@H]4CNC[C@H](C)O)c2)C=C1CO. The van der Waals surface area contributed by atoms with E-state index in [4.69, 9.17) is 20.2 Å². The molecule has 0 spiro atoms. The number of benzene rings is 1. The third-order valence-corrected chi connectivity index (χ3v) is 12.6. The van der Waals surface area contributed by atoms with Crippen molar-refractivity contribution in [2.75, 3.05) is 26.3 Å². The van der Waals surface area contributed by atoms with Crippen LogP contribution in [-0.4, -0.2) is 92.7 Å². The van der Waals surface area contributed by atoms with E-state index >= 15 is 0 Å². The summed E-state index contributed by atoms with van der Waals surface area (Å²) in [6.07, 6.45) is 20.7. The predicted octanol–water partition coefficient (Wildman–Crippen LogP) is 6.38. The average molecular weight is 781 g/mol. The van der Waals surface area contributed by atoms with Crippen LogP contribution in [0.4, 0.5) is 0 Å². The maximum Gasteiger partial charge on any atom is 0.208 e. The molecule has 1 aromatic rings. The first kappa shape index (κ1) is 44.5. The molecule has 0 saturated heterocycles. The Hall–Kier alpha value is -2.57. The quantitative estimate of drug-likeness (QED) is 0.0340. The van der Waals surface area contributed by atoms with Gasteiger partial charge in [0.1, 0.15) is 30.4 Å². The topological polar surface area (TPSA) is 174 Å². The number of aryl methyl sites for hydroxylation is 1. The number of hydrogen-bond acceptors (Lipinski definition) is 9. The smallest absolute Gasteiger partial charge is 0.208 e. The molecule has 0 amide bonds. The van der Waals surface area contributed by atoms with E-state index in [1.165, 1.54) is 25.2 Å². The Morgan fingerprint density at radius 3 is 2.61 bits per heavy atom.